The quantitative estimate of drug-likeness (QED) is 0.218. The Labute approximate surface area is 199 Å². The van der Waals surface area contributed by atoms with Gasteiger partial charge in [-0.3, -0.25) is 4.79 Å². The van der Waals surface area contributed by atoms with Gasteiger partial charge in [0.1, 0.15) is 16.6 Å². The number of hydrogen-bond acceptors (Lipinski definition) is 7. The second-order valence-electron chi connectivity index (χ2n) is 11.5. The van der Waals surface area contributed by atoms with Gasteiger partial charge in [-0.15, -0.1) is 0 Å². The van der Waals surface area contributed by atoms with E-state index in [1.54, 1.807) is 0 Å². The lowest BCUT2D eigenvalue weighted by atomic mass is 9.30. The number of fused-ring (bicyclic) bond motifs is 1. The number of rotatable bonds is 9. The topological polar surface area (TPSA) is 119 Å². The summed E-state index contributed by atoms with van der Waals surface area (Å²) in [7, 11) is 0. The van der Waals surface area contributed by atoms with Gasteiger partial charge in [-0.1, -0.05) is 13.5 Å². The molecule has 8 nitrogen and oxygen atoms in total. The van der Waals surface area contributed by atoms with Gasteiger partial charge in [-0.25, -0.2) is 9.59 Å². The second-order valence-corrected chi connectivity index (χ2v) is 11.5. The van der Waals surface area contributed by atoms with Crippen molar-refractivity contribution in [1.82, 2.24) is 0 Å². The highest BCUT2D eigenvalue weighted by molar-refractivity contribution is 5.91. The van der Waals surface area contributed by atoms with Crippen molar-refractivity contribution in [2.45, 2.75) is 102 Å². The van der Waals surface area contributed by atoms with E-state index in [-0.39, 0.29) is 11.5 Å². The molecule has 34 heavy (non-hydrogen) atoms. The number of carbonyl (C=O) groups excluding carboxylic acids is 4. The number of ether oxygens (including phenoxy) is 3. The molecular weight excluding hydrogens is 440 g/mol. The Morgan fingerprint density at radius 2 is 1.74 bits per heavy atom. The molecule has 0 heterocycles. The SMILES string of the molecule is C=C(C)C(=O)OC(CC(=O)OC12CC3CC4(C(=O)[OH2+])CC(C1)C24C3)C(=O)OC1(CC)CCCC1. The van der Waals surface area contributed by atoms with E-state index in [0.717, 1.165) is 44.9 Å². The highest BCUT2D eigenvalue weighted by Crippen LogP contribution is 2.88. The van der Waals surface area contributed by atoms with E-state index in [4.69, 9.17) is 19.3 Å². The highest BCUT2D eigenvalue weighted by Gasteiger charge is 2.92. The van der Waals surface area contributed by atoms with Gasteiger partial charge in [-0.05, 0) is 83.0 Å². The van der Waals surface area contributed by atoms with Crippen LogP contribution in [0.2, 0.25) is 0 Å². The lowest BCUT2D eigenvalue weighted by molar-refractivity contribution is -0.326. The molecule has 0 amide bonds. The summed E-state index contributed by atoms with van der Waals surface area (Å²) in [4.78, 5) is 50.7. The van der Waals surface area contributed by atoms with Crippen LogP contribution in [0.3, 0.4) is 0 Å². The van der Waals surface area contributed by atoms with Crippen LogP contribution in [0.15, 0.2) is 12.2 Å². The predicted molar refractivity (Wildman–Crippen MR) is 119 cm³/mol. The highest BCUT2D eigenvalue weighted by atomic mass is 16.6. The summed E-state index contributed by atoms with van der Waals surface area (Å²) >= 11 is 0. The Hall–Kier alpha value is -2.38. The molecule has 6 unspecified atom stereocenters. The fourth-order valence-electron chi connectivity index (χ4n) is 8.45. The molecule has 5 aliphatic carbocycles. The van der Waals surface area contributed by atoms with Crippen LogP contribution in [0, 0.1) is 22.7 Å². The van der Waals surface area contributed by atoms with Gasteiger partial charge < -0.3 is 19.3 Å². The first-order chi connectivity index (χ1) is 16.0. The smallest absolute Gasteiger partial charge is 0.522 e. The van der Waals surface area contributed by atoms with Gasteiger partial charge >= 0.3 is 23.9 Å². The molecule has 0 aromatic heterocycles. The monoisotopic (exact) mass is 475 g/mol. The lowest BCUT2D eigenvalue weighted by Gasteiger charge is -2.73. The molecule has 2 N–H and O–H groups in total. The van der Waals surface area contributed by atoms with Crippen molar-refractivity contribution < 1.29 is 38.5 Å². The standard InChI is InChI=1S/C26H34O8/c1-4-23(7-5-6-8-23)34-21(29)18(32-20(28)15(2)3)9-19(27)33-25-11-16-10-24(22(30)31)13-17(14-25)26(24,25)12-16/h16-18H,2,4-14H2,1,3H3,(H,30,31)/p+1. The molecular formula is C26H35O8+. The molecule has 0 aliphatic heterocycles. The average molecular weight is 476 g/mol. The molecule has 6 atom stereocenters. The summed E-state index contributed by atoms with van der Waals surface area (Å²) in [6.07, 6.45) is 5.88. The third kappa shape index (κ3) is 2.95. The molecule has 0 aromatic rings. The van der Waals surface area contributed by atoms with Crippen LogP contribution < -0.4 is 0 Å². The largest absolute Gasteiger partial charge is 0.564 e. The summed E-state index contributed by atoms with van der Waals surface area (Å²) in [6.45, 7) is 7.00. The molecule has 186 valence electrons. The van der Waals surface area contributed by atoms with Crippen molar-refractivity contribution >= 4 is 23.9 Å². The van der Waals surface area contributed by atoms with Crippen LogP contribution in [0.25, 0.3) is 0 Å². The maximum absolute atomic E-state index is 13.1. The van der Waals surface area contributed by atoms with E-state index < -0.39 is 58.4 Å². The molecule has 5 rings (SSSR count). The third-order valence-corrected chi connectivity index (χ3v) is 9.83. The summed E-state index contributed by atoms with van der Waals surface area (Å²) < 4.78 is 17.2. The third-order valence-electron chi connectivity index (χ3n) is 9.83. The normalized spacial score (nSPS) is 38.6. The number of hydrogen-bond donors (Lipinski definition) is 0. The molecule has 5 saturated carbocycles. The van der Waals surface area contributed by atoms with Crippen LogP contribution in [0.1, 0.15) is 84.5 Å². The number of esters is 3. The van der Waals surface area contributed by atoms with Crippen LogP contribution in [0.4, 0.5) is 0 Å². The summed E-state index contributed by atoms with van der Waals surface area (Å²) in [5.41, 5.74) is -2.30. The molecule has 2 bridgehead atoms. The Balaban J connectivity index is 1.31. The van der Waals surface area contributed by atoms with Gasteiger partial charge in [0.25, 0.3) is 0 Å². The van der Waals surface area contributed by atoms with E-state index in [1.807, 2.05) is 6.92 Å². The molecule has 8 heteroatoms. The first-order valence-electron chi connectivity index (χ1n) is 12.6. The zero-order chi connectivity index (χ0) is 24.5. The van der Waals surface area contributed by atoms with Crippen molar-refractivity contribution in [2.24, 2.45) is 22.7 Å². The molecule has 0 aromatic carbocycles. The van der Waals surface area contributed by atoms with Crippen molar-refractivity contribution in [3.05, 3.63) is 12.2 Å². The van der Waals surface area contributed by atoms with E-state index in [2.05, 4.69) is 6.58 Å². The van der Waals surface area contributed by atoms with Gasteiger partial charge in [0.2, 0.25) is 6.10 Å². The summed E-state index contributed by atoms with van der Waals surface area (Å²) in [6, 6.07) is 0. The van der Waals surface area contributed by atoms with Crippen LogP contribution >= 0.6 is 0 Å². The van der Waals surface area contributed by atoms with Crippen molar-refractivity contribution in [1.29, 1.82) is 0 Å². The van der Waals surface area contributed by atoms with Crippen molar-refractivity contribution in [3.8, 4) is 0 Å². The first kappa shape index (κ1) is 23.4. The maximum Gasteiger partial charge on any atom is 0.522 e. The minimum Gasteiger partial charge on any atom is -0.564 e. The van der Waals surface area contributed by atoms with Crippen molar-refractivity contribution in [3.63, 3.8) is 0 Å². The van der Waals surface area contributed by atoms with Gasteiger partial charge in [0, 0.05) is 15.8 Å². The molecule has 0 saturated heterocycles. The Morgan fingerprint density at radius 3 is 2.32 bits per heavy atom. The Morgan fingerprint density at radius 1 is 1.03 bits per heavy atom. The van der Waals surface area contributed by atoms with E-state index >= 15 is 0 Å². The van der Waals surface area contributed by atoms with E-state index in [9.17, 15) is 19.2 Å². The minimum atomic E-state index is -1.41. The fourth-order valence-corrected chi connectivity index (χ4v) is 8.45. The van der Waals surface area contributed by atoms with Gasteiger partial charge in [0.15, 0.2) is 0 Å². The summed E-state index contributed by atoms with van der Waals surface area (Å²) in [5.74, 6) is -2.06. The van der Waals surface area contributed by atoms with Crippen LogP contribution in [0.5, 0.6) is 0 Å². The average Bonchev–Trinajstić information content (AvgIpc) is 3.41. The zero-order valence-corrected chi connectivity index (χ0v) is 20.1. The van der Waals surface area contributed by atoms with E-state index in [1.165, 1.54) is 6.92 Å². The first-order valence-corrected chi connectivity index (χ1v) is 12.6. The lowest BCUT2D eigenvalue weighted by Crippen LogP contribution is -2.78. The van der Waals surface area contributed by atoms with Gasteiger partial charge in [0.05, 0.1) is 6.42 Å². The fraction of sp³-hybridized carbons (Fsp3) is 0.769. The zero-order valence-electron chi connectivity index (χ0n) is 20.1. The molecule has 5 fully saturated rings. The molecule has 0 radical (unpaired) electrons. The number of carbonyl (C=O) groups is 4. The van der Waals surface area contributed by atoms with Gasteiger partial charge in [-0.2, -0.15) is 0 Å². The minimum absolute atomic E-state index is 0.123. The summed E-state index contributed by atoms with van der Waals surface area (Å²) in [5, 5.41) is 7.91. The maximum atomic E-state index is 13.1. The Bertz CT molecular complexity index is 964. The van der Waals surface area contributed by atoms with Crippen LogP contribution in [-0.4, -0.2) is 46.3 Å². The molecule has 5 aliphatic rings. The Kier molecular flexibility index (Phi) is 5.19. The molecule has 1 spiro atoms. The van der Waals surface area contributed by atoms with Crippen LogP contribution in [-0.2, 0) is 33.4 Å². The predicted octanol–water partition coefficient (Wildman–Crippen LogP) is 2.87. The second kappa shape index (κ2) is 7.56. The van der Waals surface area contributed by atoms with Crippen molar-refractivity contribution in [2.75, 3.05) is 0 Å². The van der Waals surface area contributed by atoms with E-state index in [0.29, 0.717) is 25.2 Å².